The quantitative estimate of drug-likeness (QED) is 0.772. The third-order valence-electron chi connectivity index (χ3n) is 3.12. The predicted octanol–water partition coefficient (Wildman–Crippen LogP) is 3.85. The van der Waals surface area contributed by atoms with Gasteiger partial charge in [-0.25, -0.2) is 4.39 Å². The summed E-state index contributed by atoms with van der Waals surface area (Å²) in [5, 5.41) is 11.1. The van der Waals surface area contributed by atoms with E-state index >= 15 is 0 Å². The van der Waals surface area contributed by atoms with Gasteiger partial charge in [0.1, 0.15) is 23.3 Å². The van der Waals surface area contributed by atoms with Gasteiger partial charge in [0.2, 0.25) is 0 Å². The van der Waals surface area contributed by atoms with Gasteiger partial charge in [-0.15, -0.1) is 0 Å². The number of aliphatic hydroxyl groups excluding tert-OH is 1. The smallest absolute Gasteiger partial charge is 0.134 e. The number of hydrogen-bond donors (Lipinski definition) is 1. The molecule has 2 aromatic carbocycles. The minimum absolute atomic E-state index is 0.276. The number of benzene rings is 2. The van der Waals surface area contributed by atoms with Crippen LogP contribution in [0.15, 0.2) is 59.0 Å². The molecule has 96 valence electrons. The molecule has 0 saturated heterocycles. The Bertz CT molecular complexity index is 652. The highest BCUT2D eigenvalue weighted by atomic mass is 19.1. The third kappa shape index (κ3) is 2.51. The summed E-state index contributed by atoms with van der Waals surface area (Å²) in [7, 11) is 0. The van der Waals surface area contributed by atoms with Crippen LogP contribution in [0.5, 0.6) is 0 Å². The molecule has 1 atom stereocenters. The van der Waals surface area contributed by atoms with E-state index in [-0.39, 0.29) is 5.82 Å². The second-order valence-corrected chi connectivity index (χ2v) is 4.53. The Morgan fingerprint density at radius 3 is 2.53 bits per heavy atom. The van der Waals surface area contributed by atoms with E-state index in [1.807, 2.05) is 30.3 Å². The fraction of sp³-hybridized carbons (Fsp3) is 0.125. The van der Waals surface area contributed by atoms with Crippen molar-refractivity contribution in [2.75, 3.05) is 0 Å². The van der Waals surface area contributed by atoms with E-state index in [0.717, 1.165) is 16.5 Å². The van der Waals surface area contributed by atoms with Crippen LogP contribution in [0.1, 0.15) is 17.4 Å². The predicted molar refractivity (Wildman–Crippen MR) is 71.3 cm³/mol. The normalized spacial score (nSPS) is 12.7. The van der Waals surface area contributed by atoms with E-state index < -0.39 is 6.10 Å². The fourth-order valence-electron chi connectivity index (χ4n) is 2.11. The van der Waals surface area contributed by atoms with Crippen LogP contribution in [0.25, 0.3) is 11.0 Å². The Labute approximate surface area is 110 Å². The Balaban J connectivity index is 1.83. The first kappa shape index (κ1) is 11.9. The van der Waals surface area contributed by atoms with Crippen molar-refractivity contribution in [3.8, 4) is 0 Å². The number of furan rings is 1. The molecule has 3 heteroatoms. The molecule has 3 rings (SSSR count). The maximum Gasteiger partial charge on any atom is 0.134 e. The highest BCUT2D eigenvalue weighted by molar-refractivity contribution is 5.77. The van der Waals surface area contributed by atoms with Gasteiger partial charge in [-0.3, -0.25) is 0 Å². The monoisotopic (exact) mass is 256 g/mol. The van der Waals surface area contributed by atoms with Crippen molar-refractivity contribution < 1.29 is 13.9 Å². The van der Waals surface area contributed by atoms with Crippen molar-refractivity contribution in [1.29, 1.82) is 0 Å². The van der Waals surface area contributed by atoms with Crippen molar-refractivity contribution in [3.05, 3.63) is 71.7 Å². The molecule has 0 aliphatic rings. The third-order valence-corrected chi connectivity index (χ3v) is 3.12. The molecule has 3 aromatic rings. The van der Waals surface area contributed by atoms with E-state index in [4.69, 9.17) is 4.42 Å². The van der Waals surface area contributed by atoms with Gasteiger partial charge in [0.15, 0.2) is 0 Å². The highest BCUT2D eigenvalue weighted by Crippen LogP contribution is 2.25. The lowest BCUT2D eigenvalue weighted by Gasteiger charge is -2.07. The van der Waals surface area contributed by atoms with Crippen molar-refractivity contribution in [2.45, 2.75) is 12.5 Å². The lowest BCUT2D eigenvalue weighted by Crippen LogP contribution is -2.00. The molecule has 0 aliphatic carbocycles. The largest absolute Gasteiger partial charge is 0.458 e. The lowest BCUT2D eigenvalue weighted by atomic mass is 10.1. The number of fused-ring (bicyclic) bond motifs is 1. The molecule has 1 aromatic heterocycles. The van der Waals surface area contributed by atoms with Crippen molar-refractivity contribution in [2.24, 2.45) is 0 Å². The topological polar surface area (TPSA) is 33.4 Å². The number of hydrogen-bond acceptors (Lipinski definition) is 2. The second-order valence-electron chi connectivity index (χ2n) is 4.53. The van der Waals surface area contributed by atoms with Gasteiger partial charge >= 0.3 is 0 Å². The number of halogens is 1. The highest BCUT2D eigenvalue weighted by Gasteiger charge is 2.13. The van der Waals surface area contributed by atoms with Crippen LogP contribution in [0.3, 0.4) is 0 Å². The van der Waals surface area contributed by atoms with Gasteiger partial charge in [0.25, 0.3) is 0 Å². The molecular formula is C16H13FO2. The van der Waals surface area contributed by atoms with Crippen molar-refractivity contribution in [1.82, 2.24) is 0 Å². The van der Waals surface area contributed by atoms with Crippen LogP contribution in [0.2, 0.25) is 0 Å². The standard InChI is InChI=1S/C16H13FO2/c17-13-7-5-11(6-8-13)9-14(18)16-10-12-3-1-2-4-15(12)19-16/h1-8,10,14,18H,9H2. The average molecular weight is 256 g/mol. The Morgan fingerprint density at radius 1 is 1.05 bits per heavy atom. The number of rotatable bonds is 3. The first-order valence-electron chi connectivity index (χ1n) is 6.13. The van der Waals surface area contributed by atoms with Crippen LogP contribution >= 0.6 is 0 Å². The van der Waals surface area contributed by atoms with Crippen molar-refractivity contribution in [3.63, 3.8) is 0 Å². The van der Waals surface area contributed by atoms with Crippen LogP contribution in [-0.2, 0) is 6.42 Å². The SMILES string of the molecule is OC(Cc1ccc(F)cc1)c1cc2ccccc2o1. The zero-order chi connectivity index (χ0) is 13.2. The summed E-state index contributed by atoms with van der Waals surface area (Å²) in [5.41, 5.74) is 1.63. The molecule has 0 spiro atoms. The molecule has 1 N–H and O–H groups in total. The summed E-state index contributed by atoms with van der Waals surface area (Å²) in [6, 6.07) is 15.6. The van der Waals surface area contributed by atoms with E-state index in [9.17, 15) is 9.50 Å². The number of aliphatic hydroxyl groups is 1. The van der Waals surface area contributed by atoms with E-state index in [1.165, 1.54) is 12.1 Å². The van der Waals surface area contributed by atoms with Crippen LogP contribution < -0.4 is 0 Å². The molecule has 19 heavy (non-hydrogen) atoms. The molecule has 0 amide bonds. The summed E-state index contributed by atoms with van der Waals surface area (Å²) >= 11 is 0. The maximum atomic E-state index is 12.8. The summed E-state index contributed by atoms with van der Waals surface area (Å²) < 4.78 is 18.4. The van der Waals surface area contributed by atoms with Crippen LogP contribution in [-0.4, -0.2) is 5.11 Å². The molecule has 1 heterocycles. The van der Waals surface area contributed by atoms with E-state index in [0.29, 0.717) is 12.2 Å². The number of para-hydroxylation sites is 1. The zero-order valence-electron chi connectivity index (χ0n) is 10.2. The summed E-state index contributed by atoms with van der Waals surface area (Å²) in [4.78, 5) is 0. The van der Waals surface area contributed by atoms with Crippen molar-refractivity contribution >= 4 is 11.0 Å². The fourth-order valence-corrected chi connectivity index (χ4v) is 2.11. The van der Waals surface area contributed by atoms with E-state index in [2.05, 4.69) is 0 Å². The minimum Gasteiger partial charge on any atom is -0.458 e. The lowest BCUT2D eigenvalue weighted by molar-refractivity contribution is 0.152. The summed E-state index contributed by atoms with van der Waals surface area (Å²) in [6.07, 6.45) is -0.321. The van der Waals surface area contributed by atoms with Gasteiger partial charge < -0.3 is 9.52 Å². The molecule has 0 saturated carbocycles. The minimum atomic E-state index is -0.724. The second kappa shape index (κ2) is 4.86. The van der Waals surface area contributed by atoms with E-state index in [1.54, 1.807) is 12.1 Å². The summed E-state index contributed by atoms with van der Waals surface area (Å²) in [5.74, 6) is 0.257. The van der Waals surface area contributed by atoms with Crippen LogP contribution in [0, 0.1) is 5.82 Å². The van der Waals surface area contributed by atoms with Crippen LogP contribution in [0.4, 0.5) is 4.39 Å². The average Bonchev–Trinajstić information content (AvgIpc) is 2.85. The Morgan fingerprint density at radius 2 is 1.79 bits per heavy atom. The molecule has 1 unspecified atom stereocenters. The maximum absolute atomic E-state index is 12.8. The first-order chi connectivity index (χ1) is 9.22. The first-order valence-corrected chi connectivity index (χ1v) is 6.13. The molecule has 0 bridgehead atoms. The molecule has 2 nitrogen and oxygen atoms in total. The van der Waals surface area contributed by atoms with Gasteiger partial charge in [-0.2, -0.15) is 0 Å². The Hall–Kier alpha value is -2.13. The molecule has 0 fully saturated rings. The molecule has 0 radical (unpaired) electrons. The molecular weight excluding hydrogens is 243 g/mol. The van der Waals surface area contributed by atoms with Gasteiger partial charge in [-0.05, 0) is 29.8 Å². The van der Waals surface area contributed by atoms with Gasteiger partial charge in [-0.1, -0.05) is 30.3 Å². The molecule has 0 aliphatic heterocycles. The van der Waals surface area contributed by atoms with Gasteiger partial charge in [0.05, 0.1) is 0 Å². The summed E-state index contributed by atoms with van der Waals surface area (Å²) in [6.45, 7) is 0. The Kier molecular flexibility index (Phi) is 3.05. The zero-order valence-corrected chi connectivity index (χ0v) is 10.2. The van der Waals surface area contributed by atoms with Gasteiger partial charge in [0, 0.05) is 11.8 Å².